The van der Waals surface area contributed by atoms with Gasteiger partial charge in [-0.25, -0.2) is 4.79 Å². The molecule has 5 aliphatic rings. The van der Waals surface area contributed by atoms with E-state index in [9.17, 15) is 19.2 Å². The van der Waals surface area contributed by atoms with Crippen LogP contribution < -0.4 is 0 Å². The average Bonchev–Trinajstić information content (AvgIpc) is 3.31. The van der Waals surface area contributed by atoms with Crippen molar-refractivity contribution in [3.05, 3.63) is 23.3 Å². The summed E-state index contributed by atoms with van der Waals surface area (Å²) in [7, 11) is 0. The van der Waals surface area contributed by atoms with Crippen molar-refractivity contribution in [3.63, 3.8) is 0 Å². The summed E-state index contributed by atoms with van der Waals surface area (Å²) in [6.45, 7) is 5.56. The summed E-state index contributed by atoms with van der Waals surface area (Å²) in [6.07, 6.45) is 10.3. The Labute approximate surface area is 200 Å². The quantitative estimate of drug-likeness (QED) is 0.350. The van der Waals surface area contributed by atoms with Gasteiger partial charge in [-0.2, -0.15) is 0 Å². The van der Waals surface area contributed by atoms with Gasteiger partial charge >= 0.3 is 17.9 Å². The van der Waals surface area contributed by atoms with Crippen molar-refractivity contribution in [2.75, 3.05) is 13.2 Å². The first-order chi connectivity index (χ1) is 16.1. The van der Waals surface area contributed by atoms with E-state index < -0.39 is 24.1 Å². The van der Waals surface area contributed by atoms with Crippen molar-refractivity contribution in [1.29, 1.82) is 0 Å². The van der Waals surface area contributed by atoms with Gasteiger partial charge in [-0.05, 0) is 43.9 Å². The molecular formula is C27H34O7. The van der Waals surface area contributed by atoms with Crippen molar-refractivity contribution >= 4 is 23.7 Å². The minimum absolute atomic E-state index is 0.0709. The molecular weight excluding hydrogens is 436 g/mol. The molecule has 1 heterocycles. The SMILES string of the molecule is CC(=O)OCC(=O)OC[C@@H]1C=C2CC(=O)CC[C@]2(C)C2=CC[C@@]3(C)C(CC[C@@]34CCC(=O)O4)C21. The number of ether oxygens (including phenoxy) is 3. The maximum Gasteiger partial charge on any atom is 0.344 e. The summed E-state index contributed by atoms with van der Waals surface area (Å²) >= 11 is 0. The largest absolute Gasteiger partial charge is 0.463 e. The Morgan fingerprint density at radius 1 is 1.12 bits per heavy atom. The zero-order chi connectivity index (χ0) is 24.3. The van der Waals surface area contributed by atoms with Crippen LogP contribution in [0.4, 0.5) is 0 Å². The number of hydrogen-bond donors (Lipinski definition) is 0. The molecule has 0 bridgehead atoms. The summed E-state index contributed by atoms with van der Waals surface area (Å²) in [4.78, 5) is 47.8. The van der Waals surface area contributed by atoms with Gasteiger partial charge in [-0.15, -0.1) is 0 Å². The monoisotopic (exact) mass is 470 g/mol. The standard InChI is InChI=1S/C27H34O7/c1-16(28)32-15-23(31)33-14-17-12-18-13-19(29)4-8-25(18,2)20-5-9-26(3)21(24(17)20)6-10-27(26)11-7-22(30)34-27/h5,12,17,21,24H,4,6-11,13-15H2,1-3H3/t17-,21?,24?,25-,26-,27+/m0/s1. The lowest BCUT2D eigenvalue weighted by atomic mass is 9.49. The number of fused-ring (bicyclic) bond motifs is 6. The van der Waals surface area contributed by atoms with E-state index in [1.54, 1.807) is 0 Å². The minimum atomic E-state index is -0.571. The van der Waals surface area contributed by atoms with Gasteiger partial charge in [0.15, 0.2) is 6.61 Å². The molecule has 0 aromatic heterocycles. The van der Waals surface area contributed by atoms with E-state index in [1.807, 2.05) is 0 Å². The Hall–Kier alpha value is -2.44. The number of allylic oxidation sites excluding steroid dienone is 3. The van der Waals surface area contributed by atoms with E-state index in [2.05, 4.69) is 26.0 Å². The highest BCUT2D eigenvalue weighted by molar-refractivity contribution is 5.83. The molecule has 1 spiro atoms. The lowest BCUT2D eigenvalue weighted by Crippen LogP contribution is -2.52. The van der Waals surface area contributed by atoms with Crippen LogP contribution in [0.1, 0.15) is 72.1 Å². The van der Waals surface area contributed by atoms with Crippen LogP contribution in [0, 0.1) is 28.6 Å². The molecule has 0 N–H and O–H groups in total. The van der Waals surface area contributed by atoms with Gasteiger partial charge in [-0.1, -0.05) is 37.1 Å². The van der Waals surface area contributed by atoms with Gasteiger partial charge in [0, 0.05) is 42.9 Å². The summed E-state index contributed by atoms with van der Waals surface area (Å²) in [5.41, 5.74) is 1.76. The Morgan fingerprint density at radius 3 is 2.62 bits per heavy atom. The van der Waals surface area contributed by atoms with E-state index in [0.717, 1.165) is 37.7 Å². The fraction of sp³-hybridized carbons (Fsp3) is 0.704. The Bertz CT molecular complexity index is 1010. The van der Waals surface area contributed by atoms with Crippen LogP contribution in [-0.2, 0) is 33.4 Å². The number of carbonyl (C=O) groups excluding carboxylic acids is 4. The van der Waals surface area contributed by atoms with E-state index in [0.29, 0.717) is 25.2 Å². The number of carbonyl (C=O) groups is 4. The number of rotatable bonds is 4. The van der Waals surface area contributed by atoms with Crippen molar-refractivity contribution in [3.8, 4) is 0 Å². The van der Waals surface area contributed by atoms with Crippen molar-refractivity contribution in [2.45, 2.75) is 77.7 Å². The maximum atomic E-state index is 12.3. The molecule has 2 saturated carbocycles. The topological polar surface area (TPSA) is 96.0 Å². The smallest absolute Gasteiger partial charge is 0.344 e. The van der Waals surface area contributed by atoms with Crippen LogP contribution in [0.5, 0.6) is 0 Å². The third-order valence-corrected chi connectivity index (χ3v) is 9.64. The van der Waals surface area contributed by atoms with Crippen LogP contribution in [0.25, 0.3) is 0 Å². The molecule has 3 fully saturated rings. The Kier molecular flexibility index (Phi) is 5.53. The first kappa shape index (κ1) is 23.3. The first-order valence-electron chi connectivity index (χ1n) is 12.5. The third kappa shape index (κ3) is 3.45. The van der Waals surface area contributed by atoms with Crippen molar-refractivity contribution < 1.29 is 33.4 Å². The van der Waals surface area contributed by atoms with Gasteiger partial charge in [0.1, 0.15) is 11.4 Å². The fourth-order valence-corrected chi connectivity index (χ4v) is 7.77. The first-order valence-corrected chi connectivity index (χ1v) is 12.5. The molecule has 0 amide bonds. The molecule has 2 unspecified atom stereocenters. The molecule has 34 heavy (non-hydrogen) atoms. The van der Waals surface area contributed by atoms with Crippen LogP contribution in [0.3, 0.4) is 0 Å². The summed E-state index contributed by atoms with van der Waals surface area (Å²) < 4.78 is 16.4. The predicted octanol–water partition coefficient (Wildman–Crippen LogP) is 3.85. The highest BCUT2D eigenvalue weighted by Crippen LogP contribution is 2.68. The fourth-order valence-electron chi connectivity index (χ4n) is 7.77. The lowest BCUT2D eigenvalue weighted by Gasteiger charge is -2.56. The zero-order valence-corrected chi connectivity index (χ0v) is 20.3. The number of esters is 3. The second-order valence-electron chi connectivity index (χ2n) is 11.3. The number of Topliss-reactive ketones (excluding diaryl/α,β-unsaturated/α-hetero) is 1. The molecule has 184 valence electrons. The van der Waals surface area contributed by atoms with Gasteiger partial charge < -0.3 is 14.2 Å². The molecule has 5 rings (SSSR count). The third-order valence-electron chi connectivity index (χ3n) is 9.64. The van der Waals surface area contributed by atoms with E-state index >= 15 is 0 Å². The summed E-state index contributed by atoms with van der Waals surface area (Å²) in [5.74, 6) is -0.563. The molecule has 7 nitrogen and oxygen atoms in total. The van der Waals surface area contributed by atoms with Crippen LogP contribution >= 0.6 is 0 Å². The number of hydrogen-bond acceptors (Lipinski definition) is 7. The van der Waals surface area contributed by atoms with Gasteiger partial charge in [-0.3, -0.25) is 14.4 Å². The molecule has 1 aliphatic heterocycles. The molecule has 7 heteroatoms. The Balaban J connectivity index is 1.48. The minimum Gasteiger partial charge on any atom is -0.463 e. The van der Waals surface area contributed by atoms with E-state index in [4.69, 9.17) is 14.2 Å². The summed E-state index contributed by atoms with van der Waals surface area (Å²) in [6, 6.07) is 0. The molecule has 1 saturated heterocycles. The van der Waals surface area contributed by atoms with Gasteiger partial charge in [0.2, 0.25) is 0 Å². The van der Waals surface area contributed by atoms with E-state index in [1.165, 1.54) is 12.5 Å². The lowest BCUT2D eigenvalue weighted by molar-refractivity contribution is -0.162. The Morgan fingerprint density at radius 2 is 1.91 bits per heavy atom. The van der Waals surface area contributed by atoms with Crippen LogP contribution in [-0.4, -0.2) is 42.5 Å². The molecule has 0 aromatic rings. The second kappa shape index (κ2) is 8.06. The van der Waals surface area contributed by atoms with Crippen LogP contribution in [0.2, 0.25) is 0 Å². The van der Waals surface area contributed by atoms with E-state index in [-0.39, 0.29) is 41.0 Å². The summed E-state index contributed by atoms with van der Waals surface area (Å²) in [5, 5.41) is 0. The molecule has 4 aliphatic carbocycles. The van der Waals surface area contributed by atoms with Crippen molar-refractivity contribution in [1.82, 2.24) is 0 Å². The predicted molar refractivity (Wildman–Crippen MR) is 121 cm³/mol. The zero-order valence-electron chi connectivity index (χ0n) is 20.3. The maximum absolute atomic E-state index is 12.3. The highest BCUT2D eigenvalue weighted by atomic mass is 16.6. The highest BCUT2D eigenvalue weighted by Gasteiger charge is 2.66. The van der Waals surface area contributed by atoms with Crippen molar-refractivity contribution in [2.24, 2.45) is 28.6 Å². The second-order valence-corrected chi connectivity index (χ2v) is 11.3. The van der Waals surface area contributed by atoms with Gasteiger partial charge in [0.25, 0.3) is 0 Å². The average molecular weight is 471 g/mol. The van der Waals surface area contributed by atoms with Gasteiger partial charge in [0.05, 0.1) is 6.61 Å². The van der Waals surface area contributed by atoms with Crippen LogP contribution in [0.15, 0.2) is 23.3 Å². The normalized spacial score (nSPS) is 40.5. The molecule has 0 radical (unpaired) electrons. The molecule has 0 aromatic carbocycles. The number of ketones is 1. The molecule has 6 atom stereocenters.